The summed E-state index contributed by atoms with van der Waals surface area (Å²) in [6.45, 7) is 0.609. The van der Waals surface area contributed by atoms with Gasteiger partial charge in [-0.05, 0) is 0 Å². The summed E-state index contributed by atoms with van der Waals surface area (Å²) in [4.78, 5) is 0. The molecule has 4 N–H and O–H groups in total. The van der Waals surface area contributed by atoms with E-state index in [1.165, 1.54) is 7.11 Å². The topological polar surface area (TPSA) is 91.2 Å². The minimum absolute atomic E-state index is 0.273. The molecule has 5 atom stereocenters. The Morgan fingerprint density at radius 2 is 2.00 bits per heavy atom. The van der Waals surface area contributed by atoms with Crippen molar-refractivity contribution >= 4 is 0 Å². The van der Waals surface area contributed by atoms with Gasteiger partial charge in [0.2, 0.25) is 0 Å². The summed E-state index contributed by atoms with van der Waals surface area (Å²) in [6, 6.07) is 0. The molecule has 6 heteroatoms. The largest absolute Gasteiger partial charge is 0.388 e. The molecule has 1 fully saturated rings. The number of terminal acetylenes is 1. The van der Waals surface area contributed by atoms with Gasteiger partial charge in [-0.15, -0.1) is 6.42 Å². The molecular formula is C10H17NO5. The van der Waals surface area contributed by atoms with Gasteiger partial charge >= 0.3 is 0 Å². The number of aliphatic hydroxyl groups excluding tert-OH is 3. The fourth-order valence-electron chi connectivity index (χ4n) is 1.57. The number of hydrogen-bond acceptors (Lipinski definition) is 6. The van der Waals surface area contributed by atoms with Crippen LogP contribution in [0.2, 0.25) is 0 Å². The van der Waals surface area contributed by atoms with Gasteiger partial charge in [-0.2, -0.15) is 0 Å². The molecule has 0 aromatic rings. The van der Waals surface area contributed by atoms with E-state index >= 15 is 0 Å². The highest BCUT2D eigenvalue weighted by Crippen LogP contribution is 2.21. The Bertz CT molecular complexity index is 252. The molecule has 0 spiro atoms. The van der Waals surface area contributed by atoms with Gasteiger partial charge in [0.15, 0.2) is 6.29 Å². The van der Waals surface area contributed by atoms with Crippen LogP contribution in [0.25, 0.3) is 0 Å². The second-order valence-electron chi connectivity index (χ2n) is 3.59. The SMILES string of the molecule is C#CCNCC1O[C@@H](OC)C(O)[C@@H](O)[C@H]1O. The lowest BCUT2D eigenvalue weighted by atomic mass is 9.99. The number of ether oxygens (including phenoxy) is 2. The van der Waals surface area contributed by atoms with Gasteiger partial charge in [0.05, 0.1) is 6.54 Å². The molecule has 0 radical (unpaired) electrons. The summed E-state index contributed by atoms with van der Waals surface area (Å²) in [7, 11) is 1.35. The first kappa shape index (κ1) is 13.4. The van der Waals surface area contributed by atoms with Crippen LogP contribution in [0.3, 0.4) is 0 Å². The van der Waals surface area contributed by atoms with Crippen molar-refractivity contribution in [2.45, 2.75) is 30.7 Å². The molecule has 0 aliphatic carbocycles. The molecule has 0 aromatic carbocycles. The van der Waals surface area contributed by atoms with Gasteiger partial charge in [0.25, 0.3) is 0 Å². The molecule has 0 saturated carbocycles. The Morgan fingerprint density at radius 3 is 2.56 bits per heavy atom. The first-order valence-electron chi connectivity index (χ1n) is 4.98. The summed E-state index contributed by atoms with van der Waals surface area (Å²) in [5.74, 6) is 2.38. The summed E-state index contributed by atoms with van der Waals surface area (Å²) in [5.41, 5.74) is 0. The molecule has 0 aromatic heterocycles. The molecular weight excluding hydrogens is 214 g/mol. The highest BCUT2D eigenvalue weighted by molar-refractivity contribution is 4.92. The lowest BCUT2D eigenvalue weighted by Crippen LogP contribution is -2.60. The number of hydrogen-bond donors (Lipinski definition) is 4. The number of rotatable bonds is 4. The zero-order valence-electron chi connectivity index (χ0n) is 9.04. The van der Waals surface area contributed by atoms with Crippen LogP contribution < -0.4 is 5.32 Å². The zero-order valence-corrected chi connectivity index (χ0v) is 9.04. The van der Waals surface area contributed by atoms with Crippen LogP contribution >= 0.6 is 0 Å². The molecule has 2 unspecified atom stereocenters. The number of nitrogens with one attached hydrogen (secondary N) is 1. The van der Waals surface area contributed by atoms with Crippen molar-refractivity contribution in [1.29, 1.82) is 0 Å². The van der Waals surface area contributed by atoms with Crippen molar-refractivity contribution in [3.8, 4) is 12.3 Å². The monoisotopic (exact) mass is 231 g/mol. The quantitative estimate of drug-likeness (QED) is 0.320. The zero-order chi connectivity index (χ0) is 12.1. The van der Waals surface area contributed by atoms with Crippen molar-refractivity contribution in [2.75, 3.05) is 20.2 Å². The van der Waals surface area contributed by atoms with Gasteiger partial charge in [-0.1, -0.05) is 5.92 Å². The van der Waals surface area contributed by atoms with Gasteiger partial charge in [-0.25, -0.2) is 0 Å². The van der Waals surface area contributed by atoms with Crippen LogP contribution in [0.1, 0.15) is 0 Å². The van der Waals surface area contributed by atoms with Crippen molar-refractivity contribution < 1.29 is 24.8 Å². The van der Waals surface area contributed by atoms with Crippen molar-refractivity contribution in [3.63, 3.8) is 0 Å². The number of methoxy groups -OCH3 is 1. The van der Waals surface area contributed by atoms with Gasteiger partial charge in [0, 0.05) is 13.7 Å². The Balaban J connectivity index is 2.54. The standard InChI is InChI=1S/C10H17NO5/c1-3-4-11-5-6-7(12)8(13)9(14)10(15-2)16-6/h1,6-14H,4-5H2,2H3/t6?,7-,8-,9?,10+/m0/s1. The van der Waals surface area contributed by atoms with E-state index in [9.17, 15) is 15.3 Å². The second kappa shape index (κ2) is 6.15. The summed E-state index contributed by atoms with van der Waals surface area (Å²) >= 11 is 0. The second-order valence-corrected chi connectivity index (χ2v) is 3.59. The van der Waals surface area contributed by atoms with Crippen molar-refractivity contribution in [1.82, 2.24) is 5.32 Å². The van der Waals surface area contributed by atoms with Crippen LogP contribution in [0, 0.1) is 12.3 Å². The van der Waals surface area contributed by atoms with Gasteiger partial charge in [0.1, 0.15) is 24.4 Å². The summed E-state index contributed by atoms with van der Waals surface area (Å²) in [6.07, 6.45) is -0.296. The average Bonchev–Trinajstić information content (AvgIpc) is 2.29. The minimum atomic E-state index is -1.30. The molecule has 0 bridgehead atoms. The Kier molecular flexibility index (Phi) is 5.15. The van der Waals surface area contributed by atoms with E-state index in [4.69, 9.17) is 15.9 Å². The maximum atomic E-state index is 9.64. The highest BCUT2D eigenvalue weighted by atomic mass is 16.7. The maximum absolute atomic E-state index is 9.64. The van der Waals surface area contributed by atoms with E-state index < -0.39 is 30.7 Å². The Hall–Kier alpha value is -0.680. The van der Waals surface area contributed by atoms with E-state index in [2.05, 4.69) is 11.2 Å². The fourth-order valence-corrected chi connectivity index (χ4v) is 1.57. The number of aliphatic hydroxyl groups is 3. The molecule has 1 aliphatic rings. The average molecular weight is 231 g/mol. The van der Waals surface area contributed by atoms with Crippen LogP contribution in [-0.4, -0.2) is 66.2 Å². The van der Waals surface area contributed by atoms with Gasteiger partial charge in [-0.3, -0.25) is 0 Å². The van der Waals surface area contributed by atoms with Crippen molar-refractivity contribution in [3.05, 3.63) is 0 Å². The highest BCUT2D eigenvalue weighted by Gasteiger charge is 2.43. The van der Waals surface area contributed by atoms with Crippen LogP contribution in [0.4, 0.5) is 0 Å². The van der Waals surface area contributed by atoms with Crippen LogP contribution in [-0.2, 0) is 9.47 Å². The predicted octanol–water partition coefficient (Wildman–Crippen LogP) is -2.34. The first-order chi connectivity index (χ1) is 7.61. The Morgan fingerprint density at radius 1 is 1.31 bits per heavy atom. The molecule has 1 aliphatic heterocycles. The van der Waals surface area contributed by atoms with E-state index in [0.29, 0.717) is 6.54 Å². The lowest BCUT2D eigenvalue weighted by Gasteiger charge is -2.39. The Labute approximate surface area is 94.2 Å². The molecule has 1 heterocycles. The predicted molar refractivity (Wildman–Crippen MR) is 55.4 cm³/mol. The molecule has 0 amide bonds. The van der Waals surface area contributed by atoms with E-state index in [1.54, 1.807) is 0 Å². The summed E-state index contributed by atoms with van der Waals surface area (Å²) in [5, 5.41) is 31.5. The molecule has 1 rings (SSSR count). The third-order valence-electron chi connectivity index (χ3n) is 2.47. The van der Waals surface area contributed by atoms with Gasteiger partial charge < -0.3 is 30.1 Å². The van der Waals surface area contributed by atoms with Crippen molar-refractivity contribution in [2.24, 2.45) is 0 Å². The molecule has 92 valence electrons. The van der Waals surface area contributed by atoms with E-state index in [-0.39, 0.29) is 6.54 Å². The van der Waals surface area contributed by atoms with E-state index in [0.717, 1.165) is 0 Å². The van der Waals surface area contributed by atoms with Crippen LogP contribution in [0.15, 0.2) is 0 Å². The third-order valence-corrected chi connectivity index (χ3v) is 2.47. The smallest absolute Gasteiger partial charge is 0.186 e. The maximum Gasteiger partial charge on any atom is 0.186 e. The molecule has 6 nitrogen and oxygen atoms in total. The summed E-state index contributed by atoms with van der Waals surface area (Å²) < 4.78 is 10.1. The normalized spacial score (nSPS) is 39.3. The minimum Gasteiger partial charge on any atom is -0.388 e. The first-order valence-corrected chi connectivity index (χ1v) is 4.98. The van der Waals surface area contributed by atoms with Crippen LogP contribution in [0.5, 0.6) is 0 Å². The fraction of sp³-hybridized carbons (Fsp3) is 0.800. The van der Waals surface area contributed by atoms with E-state index in [1.807, 2.05) is 0 Å². The lowest BCUT2D eigenvalue weighted by molar-refractivity contribution is -0.288. The molecule has 1 saturated heterocycles. The molecule has 16 heavy (non-hydrogen) atoms. The third kappa shape index (κ3) is 2.92.